The predicted octanol–water partition coefficient (Wildman–Crippen LogP) is 3.49. The van der Waals surface area contributed by atoms with Crippen LogP contribution in [0.5, 0.6) is 0 Å². The van der Waals surface area contributed by atoms with E-state index in [1.54, 1.807) is 30.3 Å². The molecule has 0 aromatic heterocycles. The molecule has 0 aliphatic rings. The van der Waals surface area contributed by atoms with Crippen molar-refractivity contribution in [3.8, 4) is 0 Å². The average molecular weight is 325 g/mol. The third-order valence-corrected chi connectivity index (χ3v) is 4.34. The van der Waals surface area contributed by atoms with Gasteiger partial charge in [-0.3, -0.25) is 4.18 Å². The second kappa shape index (κ2) is 12.3. The maximum atomic E-state index is 11.8. The van der Waals surface area contributed by atoms with E-state index in [9.17, 15) is 8.42 Å². The molecule has 110 valence electrons. The van der Waals surface area contributed by atoms with Crippen LogP contribution in [-0.4, -0.2) is 66.4 Å². The van der Waals surface area contributed by atoms with Crippen molar-refractivity contribution in [2.45, 2.75) is 56.8 Å². The van der Waals surface area contributed by atoms with Crippen molar-refractivity contribution < 1.29 is 12.6 Å². The molecular weight excluding hydrogens is 299 g/mol. The zero-order chi connectivity index (χ0) is 14.0. The summed E-state index contributed by atoms with van der Waals surface area (Å²) in [6.45, 7) is 2.48. The molecule has 5 heteroatoms. The van der Waals surface area contributed by atoms with Crippen LogP contribution < -0.4 is 0 Å². The first-order valence-electron chi connectivity index (χ1n) is 7.11. The summed E-state index contributed by atoms with van der Waals surface area (Å²) in [7, 11) is -3.56. The van der Waals surface area contributed by atoms with E-state index in [0.29, 0.717) is 0 Å². The van der Waals surface area contributed by atoms with Crippen molar-refractivity contribution in [3.63, 3.8) is 0 Å². The molecule has 0 spiro atoms. The van der Waals surface area contributed by atoms with Gasteiger partial charge in [-0.25, -0.2) is 0 Å². The second-order valence-electron chi connectivity index (χ2n) is 4.71. The molecule has 1 aromatic rings. The number of rotatable bonds is 10. The van der Waals surface area contributed by atoms with Gasteiger partial charge in [-0.1, -0.05) is 63.6 Å². The van der Waals surface area contributed by atoms with E-state index >= 15 is 0 Å². The van der Waals surface area contributed by atoms with Crippen LogP contribution in [0.15, 0.2) is 35.2 Å². The first-order chi connectivity index (χ1) is 9.17. The first-order valence-corrected chi connectivity index (χ1v) is 8.52. The molecule has 20 heavy (non-hydrogen) atoms. The van der Waals surface area contributed by atoms with Crippen molar-refractivity contribution in [2.24, 2.45) is 0 Å². The molecule has 0 radical (unpaired) electrons. The molecule has 0 aliphatic carbocycles. The standard InChI is InChI=1S/C15H24O3S.K.H/c1-2-3-4-5-6-7-11-14-18-19(16,17)15-12-9-8-10-13-15;;/h8-10,12-13H,2-7,11,14H2,1H3;;. The normalized spacial score (nSPS) is 11.1. The molecule has 0 saturated carbocycles. The fourth-order valence-electron chi connectivity index (χ4n) is 1.88. The molecule has 3 nitrogen and oxygen atoms in total. The summed E-state index contributed by atoms with van der Waals surface area (Å²) in [4.78, 5) is 0.234. The van der Waals surface area contributed by atoms with Crippen LogP contribution in [0.2, 0.25) is 0 Å². The quantitative estimate of drug-likeness (QED) is 0.376. The summed E-state index contributed by atoms with van der Waals surface area (Å²) in [5.41, 5.74) is 0. The fraction of sp³-hybridized carbons (Fsp3) is 0.600. The Hall–Kier alpha value is 0.766. The van der Waals surface area contributed by atoms with Crippen LogP contribution >= 0.6 is 0 Å². The molecule has 0 bridgehead atoms. The van der Waals surface area contributed by atoms with Gasteiger partial charge in [0, 0.05) is 0 Å². The van der Waals surface area contributed by atoms with E-state index < -0.39 is 10.1 Å². The summed E-state index contributed by atoms with van der Waals surface area (Å²) in [5.74, 6) is 0. The van der Waals surface area contributed by atoms with E-state index in [4.69, 9.17) is 4.18 Å². The number of hydrogen-bond acceptors (Lipinski definition) is 3. The Balaban J connectivity index is 0.00000361. The first kappa shape index (κ1) is 20.8. The third-order valence-electron chi connectivity index (χ3n) is 3.02. The SMILES string of the molecule is CCCCCCCCCOS(=O)(=O)c1ccccc1.[KH]. The molecule has 0 fully saturated rings. The Morgan fingerprint density at radius 1 is 0.900 bits per heavy atom. The molecule has 0 unspecified atom stereocenters. The molecule has 0 saturated heterocycles. The van der Waals surface area contributed by atoms with Gasteiger partial charge in [-0.2, -0.15) is 8.42 Å². The zero-order valence-electron chi connectivity index (χ0n) is 11.7. The van der Waals surface area contributed by atoms with Gasteiger partial charge in [0.25, 0.3) is 10.1 Å². The maximum absolute atomic E-state index is 11.8. The molecule has 0 aliphatic heterocycles. The topological polar surface area (TPSA) is 43.4 Å². The van der Waals surface area contributed by atoms with E-state index in [1.165, 1.54) is 25.7 Å². The predicted molar refractivity (Wildman–Crippen MR) is 84.7 cm³/mol. The number of hydrogen-bond donors (Lipinski definition) is 0. The molecule has 0 N–H and O–H groups in total. The summed E-state index contributed by atoms with van der Waals surface area (Å²) in [6.07, 6.45) is 8.05. The van der Waals surface area contributed by atoms with Gasteiger partial charge in [0.1, 0.15) is 0 Å². The van der Waals surface area contributed by atoms with Gasteiger partial charge in [0.15, 0.2) is 0 Å². The third kappa shape index (κ3) is 8.92. The number of benzene rings is 1. The Kier molecular flexibility index (Phi) is 12.8. The summed E-state index contributed by atoms with van der Waals surface area (Å²) in [6, 6.07) is 8.30. The summed E-state index contributed by atoms with van der Waals surface area (Å²) < 4.78 is 28.6. The van der Waals surface area contributed by atoms with Crippen molar-refractivity contribution in [2.75, 3.05) is 6.61 Å². The van der Waals surface area contributed by atoms with Gasteiger partial charge >= 0.3 is 51.4 Å². The molecular formula is C15H25KO3S. The van der Waals surface area contributed by atoms with Crippen LogP contribution in [0.25, 0.3) is 0 Å². The molecule has 1 aromatic carbocycles. The Bertz CT molecular complexity index is 432. The summed E-state index contributed by atoms with van der Waals surface area (Å²) >= 11 is 0. The fourth-order valence-corrected chi connectivity index (χ4v) is 2.85. The Morgan fingerprint density at radius 2 is 1.45 bits per heavy atom. The Morgan fingerprint density at radius 3 is 2.05 bits per heavy atom. The monoisotopic (exact) mass is 324 g/mol. The van der Waals surface area contributed by atoms with Crippen LogP contribution in [0.1, 0.15) is 51.9 Å². The second-order valence-corrected chi connectivity index (χ2v) is 6.33. The van der Waals surface area contributed by atoms with Crippen LogP contribution in [0.3, 0.4) is 0 Å². The summed E-state index contributed by atoms with van der Waals surface area (Å²) in [5, 5.41) is 0. The zero-order valence-corrected chi connectivity index (χ0v) is 12.5. The van der Waals surface area contributed by atoms with Crippen LogP contribution in [0.4, 0.5) is 0 Å². The minimum atomic E-state index is -3.56. The molecule has 0 heterocycles. The van der Waals surface area contributed by atoms with Gasteiger partial charge in [0.2, 0.25) is 0 Å². The van der Waals surface area contributed by atoms with Gasteiger partial charge in [0.05, 0.1) is 11.5 Å². The molecule has 0 atom stereocenters. The van der Waals surface area contributed by atoms with Crippen molar-refractivity contribution in [1.29, 1.82) is 0 Å². The van der Waals surface area contributed by atoms with Crippen molar-refractivity contribution in [1.82, 2.24) is 0 Å². The van der Waals surface area contributed by atoms with Gasteiger partial charge in [-0.05, 0) is 18.6 Å². The van der Waals surface area contributed by atoms with E-state index in [-0.39, 0.29) is 62.9 Å². The average Bonchev–Trinajstić information content (AvgIpc) is 2.43. The minimum absolute atomic E-state index is 0. The van der Waals surface area contributed by atoms with Crippen LogP contribution in [-0.2, 0) is 14.3 Å². The molecule has 1 rings (SSSR count). The van der Waals surface area contributed by atoms with E-state index in [2.05, 4.69) is 6.92 Å². The Labute approximate surface area is 166 Å². The molecule has 0 amide bonds. The van der Waals surface area contributed by atoms with Crippen LogP contribution in [0, 0.1) is 0 Å². The van der Waals surface area contributed by atoms with Gasteiger partial charge in [-0.15, -0.1) is 0 Å². The van der Waals surface area contributed by atoms with Gasteiger partial charge < -0.3 is 0 Å². The number of unbranched alkanes of at least 4 members (excludes halogenated alkanes) is 6. The van der Waals surface area contributed by atoms with E-state index in [0.717, 1.165) is 19.3 Å². The van der Waals surface area contributed by atoms with Crippen molar-refractivity contribution >= 4 is 61.5 Å². The van der Waals surface area contributed by atoms with Crippen molar-refractivity contribution in [3.05, 3.63) is 30.3 Å². The van der Waals surface area contributed by atoms with E-state index in [1.807, 2.05) is 0 Å².